The van der Waals surface area contributed by atoms with Gasteiger partial charge in [0.05, 0.1) is 12.7 Å². The molecule has 0 unspecified atom stereocenters. The molecule has 264 valence electrons. The maximum Gasteiger partial charge on any atom is 0.347 e. The zero-order valence-corrected chi connectivity index (χ0v) is 31.1. The monoisotopic (exact) mass is 657 g/mol. The van der Waals surface area contributed by atoms with Crippen molar-refractivity contribution in [3.63, 3.8) is 0 Å². The van der Waals surface area contributed by atoms with Crippen molar-refractivity contribution in [2.75, 3.05) is 24.6 Å². The van der Waals surface area contributed by atoms with E-state index in [1.807, 2.05) is 18.2 Å². The standard InChI is InChI=1S/C43H63NO4/c1-8-44(9-2)32-15-13-30-25-35(41(46)48-40(30)27-32)39(45)21-24-47-33-19-22-42(6)31(26-33)14-16-34-37-18-17-36(29(5)12-10-11-28(3)4)43(37,7)23-20-38(34)42/h13-15,25,27-29,33-34,36-38H,8-12,16-24,26H2,1-7H3/t29-,33+,34+,36-,37+,38+,42+,43-/m1/s1. The van der Waals surface area contributed by atoms with Crippen molar-refractivity contribution >= 4 is 22.4 Å². The van der Waals surface area contributed by atoms with Crippen LogP contribution in [0.5, 0.6) is 0 Å². The summed E-state index contributed by atoms with van der Waals surface area (Å²) in [5.74, 6) is 4.86. The molecule has 8 atom stereocenters. The molecule has 1 heterocycles. The zero-order chi connectivity index (χ0) is 34.2. The molecule has 0 radical (unpaired) electrons. The fourth-order valence-corrected chi connectivity index (χ4v) is 11.3. The number of ether oxygens (including phenoxy) is 1. The Kier molecular flexibility index (Phi) is 10.7. The van der Waals surface area contributed by atoms with Gasteiger partial charge < -0.3 is 14.1 Å². The van der Waals surface area contributed by atoms with Crippen LogP contribution >= 0.6 is 0 Å². The third kappa shape index (κ3) is 6.71. The van der Waals surface area contributed by atoms with Crippen LogP contribution in [0.15, 0.2) is 45.1 Å². The van der Waals surface area contributed by atoms with E-state index < -0.39 is 5.63 Å². The molecule has 4 aliphatic carbocycles. The Bertz CT molecular complexity index is 1530. The van der Waals surface area contributed by atoms with E-state index in [9.17, 15) is 9.59 Å². The number of rotatable bonds is 13. The minimum atomic E-state index is -0.558. The van der Waals surface area contributed by atoms with E-state index in [-0.39, 0.29) is 29.3 Å². The highest BCUT2D eigenvalue weighted by molar-refractivity contribution is 5.98. The van der Waals surface area contributed by atoms with Crippen LogP contribution in [0.25, 0.3) is 11.0 Å². The Morgan fingerprint density at radius 1 is 1.00 bits per heavy atom. The first kappa shape index (κ1) is 35.4. The molecule has 0 spiro atoms. The average molecular weight is 658 g/mol. The number of anilines is 1. The number of ketones is 1. The van der Waals surface area contributed by atoms with Gasteiger partial charge in [-0.2, -0.15) is 0 Å². The van der Waals surface area contributed by atoms with E-state index in [0.29, 0.717) is 17.6 Å². The molecule has 0 bridgehead atoms. The number of benzene rings is 1. The summed E-state index contributed by atoms with van der Waals surface area (Å²) < 4.78 is 12.0. The predicted molar refractivity (Wildman–Crippen MR) is 198 cm³/mol. The molecule has 1 aromatic carbocycles. The number of Topliss-reactive ketones (excluding diaryl/α,β-unsaturated/α-hetero) is 1. The number of nitrogens with zero attached hydrogens (tertiary/aromatic N) is 1. The predicted octanol–water partition coefficient (Wildman–Crippen LogP) is 10.6. The second kappa shape index (κ2) is 14.4. The van der Waals surface area contributed by atoms with Crippen LogP contribution < -0.4 is 10.5 Å². The van der Waals surface area contributed by atoms with E-state index in [0.717, 1.165) is 72.5 Å². The smallest absolute Gasteiger partial charge is 0.347 e. The molecular formula is C43H63NO4. The molecular weight excluding hydrogens is 594 g/mol. The van der Waals surface area contributed by atoms with Crippen molar-refractivity contribution in [1.82, 2.24) is 0 Å². The van der Waals surface area contributed by atoms with Gasteiger partial charge in [-0.05, 0) is 130 Å². The molecule has 5 nitrogen and oxygen atoms in total. The second-order valence-corrected chi connectivity index (χ2v) is 17.0. The van der Waals surface area contributed by atoms with Gasteiger partial charge in [-0.15, -0.1) is 0 Å². The number of carbonyl (C=O) groups excluding carboxylic acids is 1. The summed E-state index contributed by atoms with van der Waals surface area (Å²) in [7, 11) is 0. The van der Waals surface area contributed by atoms with Gasteiger partial charge in [0, 0.05) is 36.7 Å². The Morgan fingerprint density at radius 2 is 1.79 bits per heavy atom. The summed E-state index contributed by atoms with van der Waals surface area (Å²) in [6, 6.07) is 7.56. The van der Waals surface area contributed by atoms with Crippen LogP contribution in [0.1, 0.15) is 136 Å². The number of allylic oxidation sites excluding steroid dienone is 1. The first-order chi connectivity index (χ1) is 23.0. The zero-order valence-electron chi connectivity index (χ0n) is 31.1. The lowest BCUT2D eigenvalue weighted by Crippen LogP contribution is -2.51. The normalized spacial score (nSPS) is 32.0. The molecule has 3 fully saturated rings. The number of hydrogen-bond donors (Lipinski definition) is 0. The first-order valence-corrected chi connectivity index (χ1v) is 19.7. The molecule has 5 heteroatoms. The topological polar surface area (TPSA) is 59.8 Å². The van der Waals surface area contributed by atoms with Crippen LogP contribution in [-0.4, -0.2) is 31.6 Å². The molecule has 0 N–H and O–H groups in total. The Labute approximate surface area is 290 Å². The Balaban J connectivity index is 1.04. The van der Waals surface area contributed by atoms with Crippen LogP contribution in [-0.2, 0) is 4.74 Å². The van der Waals surface area contributed by atoms with Crippen molar-refractivity contribution in [1.29, 1.82) is 0 Å². The van der Waals surface area contributed by atoms with E-state index in [1.165, 1.54) is 57.8 Å². The van der Waals surface area contributed by atoms with Crippen molar-refractivity contribution in [2.24, 2.45) is 46.3 Å². The number of hydrogen-bond acceptors (Lipinski definition) is 5. The van der Waals surface area contributed by atoms with Gasteiger partial charge in [-0.1, -0.05) is 65.5 Å². The molecule has 2 aromatic rings. The van der Waals surface area contributed by atoms with Crippen molar-refractivity contribution < 1.29 is 13.9 Å². The largest absolute Gasteiger partial charge is 0.422 e. The lowest BCUT2D eigenvalue weighted by molar-refractivity contribution is -0.0637. The maximum absolute atomic E-state index is 13.2. The number of fused-ring (bicyclic) bond motifs is 6. The average Bonchev–Trinajstić information content (AvgIpc) is 3.42. The summed E-state index contributed by atoms with van der Waals surface area (Å²) in [5.41, 5.74) is 3.53. The molecule has 4 aliphatic rings. The number of carbonyl (C=O) groups is 1. The van der Waals surface area contributed by atoms with Gasteiger partial charge in [0.2, 0.25) is 0 Å². The van der Waals surface area contributed by atoms with Gasteiger partial charge in [0.1, 0.15) is 11.1 Å². The lowest BCUT2D eigenvalue weighted by atomic mass is 9.47. The maximum atomic E-state index is 13.2. The van der Waals surface area contributed by atoms with Crippen LogP contribution in [0, 0.1) is 46.3 Å². The van der Waals surface area contributed by atoms with Crippen molar-refractivity contribution in [2.45, 2.75) is 132 Å². The van der Waals surface area contributed by atoms with E-state index >= 15 is 0 Å². The van der Waals surface area contributed by atoms with Gasteiger partial charge >= 0.3 is 5.63 Å². The molecule has 1 aromatic heterocycles. The quantitative estimate of drug-likeness (QED) is 0.122. The van der Waals surface area contributed by atoms with E-state index in [2.05, 4.69) is 59.4 Å². The minimum Gasteiger partial charge on any atom is -0.422 e. The summed E-state index contributed by atoms with van der Waals surface area (Å²) in [6.45, 7) is 18.9. The second-order valence-electron chi connectivity index (χ2n) is 17.0. The lowest BCUT2D eigenvalue weighted by Gasteiger charge is -2.58. The third-order valence-corrected chi connectivity index (χ3v) is 14.1. The summed E-state index contributed by atoms with van der Waals surface area (Å²) >= 11 is 0. The highest BCUT2D eigenvalue weighted by Crippen LogP contribution is 2.67. The van der Waals surface area contributed by atoms with Gasteiger partial charge in [-0.25, -0.2) is 4.79 Å². The molecule has 6 rings (SSSR count). The van der Waals surface area contributed by atoms with E-state index in [4.69, 9.17) is 9.15 Å². The highest BCUT2D eigenvalue weighted by Gasteiger charge is 2.59. The van der Waals surface area contributed by atoms with Crippen LogP contribution in [0.3, 0.4) is 0 Å². The fourth-order valence-electron chi connectivity index (χ4n) is 11.3. The Hall–Kier alpha value is -2.40. The molecule has 48 heavy (non-hydrogen) atoms. The first-order valence-electron chi connectivity index (χ1n) is 19.7. The van der Waals surface area contributed by atoms with Crippen LogP contribution in [0.2, 0.25) is 0 Å². The third-order valence-electron chi connectivity index (χ3n) is 14.1. The SMILES string of the molecule is CCN(CC)c1ccc2cc(C(=O)CCO[C@H]3CC[C@@]4(C)C(=CC[C@H]5[C@@H]6CC[C@H]([C@H](C)CCCC(C)C)[C@@]6(C)CC[C@@H]54)C3)c(=O)oc2c1. The summed E-state index contributed by atoms with van der Waals surface area (Å²) in [5, 5.41) is 0.774. The molecule has 0 amide bonds. The fraction of sp³-hybridized carbons (Fsp3) is 0.721. The molecule has 0 saturated heterocycles. The molecule has 0 aliphatic heterocycles. The summed E-state index contributed by atoms with van der Waals surface area (Å²) in [4.78, 5) is 28.2. The van der Waals surface area contributed by atoms with E-state index in [1.54, 1.807) is 11.6 Å². The summed E-state index contributed by atoms with van der Waals surface area (Å²) in [6.07, 6.45) is 17.2. The Morgan fingerprint density at radius 3 is 2.54 bits per heavy atom. The van der Waals surface area contributed by atoms with Gasteiger partial charge in [0.25, 0.3) is 0 Å². The van der Waals surface area contributed by atoms with Gasteiger partial charge in [0.15, 0.2) is 5.78 Å². The molecule has 3 saturated carbocycles. The van der Waals surface area contributed by atoms with Crippen LogP contribution in [0.4, 0.5) is 5.69 Å². The van der Waals surface area contributed by atoms with Crippen molar-refractivity contribution in [3.8, 4) is 0 Å². The van der Waals surface area contributed by atoms with Gasteiger partial charge in [-0.3, -0.25) is 4.79 Å². The highest BCUT2D eigenvalue weighted by atomic mass is 16.5. The minimum absolute atomic E-state index is 0.127. The van der Waals surface area contributed by atoms with Crippen molar-refractivity contribution in [3.05, 3.63) is 51.9 Å².